The molecular weight excluding hydrogens is 371 g/mol. The van der Waals surface area contributed by atoms with Crippen molar-refractivity contribution in [2.45, 2.75) is 25.0 Å². The summed E-state index contributed by atoms with van der Waals surface area (Å²) in [6.07, 6.45) is 5.62. The Balaban J connectivity index is 0.00000121. The van der Waals surface area contributed by atoms with Crippen molar-refractivity contribution in [3.63, 3.8) is 0 Å². The predicted molar refractivity (Wildman–Crippen MR) is 110 cm³/mol. The molecule has 4 heterocycles. The topological polar surface area (TPSA) is 45.6 Å². The van der Waals surface area contributed by atoms with E-state index in [0.717, 1.165) is 41.7 Å². The third-order valence-corrected chi connectivity index (χ3v) is 5.82. The number of aromatic nitrogens is 1. The van der Waals surface area contributed by atoms with Crippen LogP contribution in [0.15, 0.2) is 43.1 Å². The summed E-state index contributed by atoms with van der Waals surface area (Å²) in [6, 6.07) is 7.96. The summed E-state index contributed by atoms with van der Waals surface area (Å²) in [7, 11) is 1.66. The molecule has 3 aliphatic heterocycles. The second kappa shape index (κ2) is 8.57. The Hall–Kier alpha value is -1.33. The molecule has 2 aromatic rings. The van der Waals surface area contributed by atoms with Gasteiger partial charge in [-0.05, 0) is 61.1 Å². The fraction of sp³-hybridized carbons (Fsp3) is 0.450. The fourth-order valence-corrected chi connectivity index (χ4v) is 4.44. The van der Waals surface area contributed by atoms with Gasteiger partial charge in [0.1, 0.15) is 5.75 Å². The van der Waals surface area contributed by atoms with Crippen LogP contribution in [0.1, 0.15) is 24.5 Å². The molecule has 0 aliphatic carbocycles. The zero-order valence-electron chi connectivity index (χ0n) is 14.9. The number of nitrogens with zero attached hydrogens (tertiary/aromatic N) is 2. The minimum Gasteiger partial charge on any atom is -0.497 e. The zero-order valence-corrected chi connectivity index (χ0v) is 16.5. The summed E-state index contributed by atoms with van der Waals surface area (Å²) in [5, 5.41) is 12.1. The molecule has 2 unspecified atom stereocenters. The lowest BCUT2D eigenvalue weighted by Crippen LogP contribution is -2.54. The molecule has 3 aliphatic rings. The maximum absolute atomic E-state index is 11.2. The van der Waals surface area contributed by atoms with Crippen molar-refractivity contribution in [2.24, 2.45) is 11.8 Å². The van der Waals surface area contributed by atoms with Crippen molar-refractivity contribution in [1.82, 2.24) is 9.88 Å². The Morgan fingerprint density at radius 3 is 2.81 bits per heavy atom. The van der Waals surface area contributed by atoms with Gasteiger partial charge in [0.15, 0.2) is 0 Å². The zero-order chi connectivity index (χ0) is 16.7. The van der Waals surface area contributed by atoms with Gasteiger partial charge in [-0.2, -0.15) is 0 Å². The minimum atomic E-state index is -0.504. The largest absolute Gasteiger partial charge is 0.497 e. The average Bonchev–Trinajstić information content (AvgIpc) is 2.66. The Labute approximate surface area is 167 Å². The molecule has 3 fully saturated rings. The molecule has 5 atom stereocenters. The van der Waals surface area contributed by atoms with Gasteiger partial charge in [0.25, 0.3) is 0 Å². The van der Waals surface area contributed by atoms with E-state index in [0.29, 0.717) is 11.8 Å². The van der Waals surface area contributed by atoms with Crippen molar-refractivity contribution in [2.75, 3.05) is 20.2 Å². The van der Waals surface area contributed by atoms with E-state index in [1.807, 2.05) is 24.3 Å². The van der Waals surface area contributed by atoms with Gasteiger partial charge in [-0.3, -0.25) is 9.88 Å². The molecule has 1 aromatic heterocycles. The summed E-state index contributed by atoms with van der Waals surface area (Å²) < 4.78 is 5.35. The molecule has 0 radical (unpaired) electrons. The summed E-state index contributed by atoms with van der Waals surface area (Å²) >= 11 is 0. The van der Waals surface area contributed by atoms with Crippen LogP contribution in [0.2, 0.25) is 0 Å². The second-order valence-electron chi connectivity index (χ2n) is 6.97. The van der Waals surface area contributed by atoms with Crippen molar-refractivity contribution in [3.8, 4) is 5.75 Å². The van der Waals surface area contributed by atoms with Crippen LogP contribution in [0.25, 0.3) is 10.9 Å². The molecule has 26 heavy (non-hydrogen) atoms. The highest BCUT2D eigenvalue weighted by Crippen LogP contribution is 2.42. The Morgan fingerprint density at radius 2 is 2.15 bits per heavy atom. The normalized spacial score (nSPS) is 27.9. The fourth-order valence-electron chi connectivity index (χ4n) is 4.44. The molecule has 6 heteroatoms. The summed E-state index contributed by atoms with van der Waals surface area (Å²) in [6.45, 7) is 6.07. The molecule has 4 nitrogen and oxygen atoms in total. The van der Waals surface area contributed by atoms with Crippen LogP contribution in [-0.2, 0) is 0 Å². The third-order valence-electron chi connectivity index (χ3n) is 5.82. The van der Waals surface area contributed by atoms with Gasteiger partial charge in [0, 0.05) is 24.2 Å². The Bertz CT molecular complexity index is 771. The maximum atomic E-state index is 11.2. The van der Waals surface area contributed by atoms with E-state index in [4.69, 9.17) is 4.74 Å². The average molecular weight is 397 g/mol. The number of benzene rings is 1. The van der Waals surface area contributed by atoms with Gasteiger partial charge < -0.3 is 9.84 Å². The van der Waals surface area contributed by atoms with Crippen molar-refractivity contribution >= 4 is 35.7 Å². The lowest BCUT2D eigenvalue weighted by molar-refractivity contribution is -0.0444. The molecule has 0 saturated carbocycles. The second-order valence-corrected chi connectivity index (χ2v) is 6.97. The molecule has 0 amide bonds. The first-order chi connectivity index (χ1) is 11.7. The first kappa shape index (κ1) is 21.0. The lowest BCUT2D eigenvalue weighted by atomic mass is 9.73. The Morgan fingerprint density at radius 1 is 1.35 bits per heavy atom. The number of ether oxygens (including phenoxy) is 1. The number of rotatable bonds is 4. The first-order valence-corrected chi connectivity index (χ1v) is 8.68. The molecule has 3 saturated heterocycles. The van der Waals surface area contributed by atoms with Crippen LogP contribution in [-0.4, -0.2) is 41.2 Å². The van der Waals surface area contributed by atoms with Crippen molar-refractivity contribution < 1.29 is 9.84 Å². The first-order valence-electron chi connectivity index (χ1n) is 8.68. The van der Waals surface area contributed by atoms with Gasteiger partial charge in [-0.15, -0.1) is 31.4 Å². The van der Waals surface area contributed by atoms with Gasteiger partial charge >= 0.3 is 0 Å². The number of hydrogen-bond acceptors (Lipinski definition) is 4. The molecule has 1 N–H and O–H groups in total. The summed E-state index contributed by atoms with van der Waals surface area (Å²) in [5.74, 6) is 2.01. The van der Waals surface area contributed by atoms with Crippen LogP contribution in [0.4, 0.5) is 0 Å². The highest BCUT2D eigenvalue weighted by atomic mass is 35.5. The van der Waals surface area contributed by atoms with E-state index in [2.05, 4.69) is 22.5 Å². The van der Waals surface area contributed by atoms with Gasteiger partial charge in [0.2, 0.25) is 0 Å². The SMILES string of the molecule is C=C[C@@H]1CN2CCC1C[C@@H]2[C@H](O)c1ccnc2ccc(OC)cc12.Cl.Cl. The molecule has 0 spiro atoms. The standard InChI is InChI=1S/C20H24N2O2.2ClH/c1-3-13-12-22-9-7-14(13)10-19(22)20(23)16-6-8-21-18-5-4-15(24-2)11-17(16)18;;/h3-6,8,11,13-14,19-20,23H,1,7,9-10,12H2,2H3;2*1H/t13-,14?,19-,20-;;/m1../s1. The summed E-state index contributed by atoms with van der Waals surface area (Å²) in [5.41, 5.74) is 1.85. The van der Waals surface area contributed by atoms with Crippen molar-refractivity contribution in [3.05, 3.63) is 48.7 Å². The number of hydrogen-bond donors (Lipinski definition) is 1. The quantitative estimate of drug-likeness (QED) is 0.792. The van der Waals surface area contributed by atoms with Crippen LogP contribution in [0.5, 0.6) is 5.75 Å². The number of aliphatic hydroxyl groups is 1. The van der Waals surface area contributed by atoms with E-state index in [1.54, 1.807) is 13.3 Å². The van der Waals surface area contributed by atoms with Crippen LogP contribution in [0.3, 0.4) is 0 Å². The number of fused-ring (bicyclic) bond motifs is 4. The molecule has 5 rings (SSSR count). The molecular formula is C20H26Cl2N2O2. The number of halogens is 2. The number of aliphatic hydroxyl groups excluding tert-OH is 1. The maximum Gasteiger partial charge on any atom is 0.119 e. The third kappa shape index (κ3) is 3.56. The van der Waals surface area contributed by atoms with E-state index < -0.39 is 6.10 Å². The van der Waals surface area contributed by atoms with Gasteiger partial charge in [-0.25, -0.2) is 0 Å². The van der Waals surface area contributed by atoms with Gasteiger partial charge in [-0.1, -0.05) is 6.08 Å². The number of piperidine rings is 3. The van der Waals surface area contributed by atoms with Crippen LogP contribution >= 0.6 is 24.8 Å². The molecule has 142 valence electrons. The molecule has 1 aromatic carbocycles. The van der Waals surface area contributed by atoms with E-state index in [-0.39, 0.29) is 30.9 Å². The van der Waals surface area contributed by atoms with Gasteiger partial charge in [0.05, 0.1) is 18.7 Å². The minimum absolute atomic E-state index is 0. The van der Waals surface area contributed by atoms with E-state index in [1.165, 1.54) is 6.42 Å². The number of pyridine rings is 1. The van der Waals surface area contributed by atoms with E-state index >= 15 is 0 Å². The number of methoxy groups -OCH3 is 1. The smallest absolute Gasteiger partial charge is 0.119 e. The van der Waals surface area contributed by atoms with Crippen molar-refractivity contribution in [1.29, 1.82) is 0 Å². The van der Waals surface area contributed by atoms with Crippen LogP contribution in [0, 0.1) is 11.8 Å². The Kier molecular flexibility index (Phi) is 6.92. The van der Waals surface area contributed by atoms with Crippen LogP contribution < -0.4 is 4.74 Å². The highest BCUT2D eigenvalue weighted by Gasteiger charge is 2.42. The highest BCUT2D eigenvalue weighted by molar-refractivity contribution is 5.85. The molecule has 2 bridgehead atoms. The monoisotopic (exact) mass is 396 g/mol. The lowest BCUT2D eigenvalue weighted by Gasteiger charge is -2.50. The predicted octanol–water partition coefficient (Wildman–Crippen LogP) is 4.02. The summed E-state index contributed by atoms with van der Waals surface area (Å²) in [4.78, 5) is 6.86. The van der Waals surface area contributed by atoms with E-state index in [9.17, 15) is 5.11 Å².